The molecule has 1 spiro atoms. The zero-order chi connectivity index (χ0) is 15.4. The van der Waals surface area contributed by atoms with Crippen LogP contribution in [0, 0.1) is 23.2 Å². The molecule has 23 heavy (non-hydrogen) atoms. The van der Waals surface area contributed by atoms with Crippen LogP contribution in [0.1, 0.15) is 32.1 Å². The summed E-state index contributed by atoms with van der Waals surface area (Å²) in [4.78, 5) is 15.6. The van der Waals surface area contributed by atoms with Crippen molar-refractivity contribution in [3.05, 3.63) is 0 Å². The van der Waals surface area contributed by atoms with Crippen molar-refractivity contribution in [2.75, 3.05) is 39.4 Å². The Kier molecular flexibility index (Phi) is 3.46. The maximum atomic E-state index is 13.4. The molecular formula is C18H29N3O2. The highest BCUT2D eigenvalue weighted by molar-refractivity contribution is 5.81. The van der Waals surface area contributed by atoms with Crippen LogP contribution < -0.4 is 10.6 Å². The summed E-state index contributed by atoms with van der Waals surface area (Å²) in [6.45, 7) is 5.93. The van der Waals surface area contributed by atoms with Gasteiger partial charge in [0, 0.05) is 18.5 Å². The molecule has 5 atom stereocenters. The van der Waals surface area contributed by atoms with Crippen LogP contribution in [0.25, 0.3) is 0 Å². The smallest absolute Gasteiger partial charge is 0.227 e. The summed E-state index contributed by atoms with van der Waals surface area (Å²) in [5.41, 5.74) is 0.323. The van der Waals surface area contributed by atoms with Gasteiger partial charge in [0.25, 0.3) is 0 Å². The van der Waals surface area contributed by atoms with Crippen LogP contribution in [0.15, 0.2) is 0 Å². The molecule has 0 radical (unpaired) electrons. The summed E-state index contributed by atoms with van der Waals surface area (Å²) in [6, 6.07) is 0.777. The number of rotatable bonds is 1. The van der Waals surface area contributed by atoms with E-state index < -0.39 is 0 Å². The maximum absolute atomic E-state index is 13.4. The van der Waals surface area contributed by atoms with Gasteiger partial charge in [-0.3, -0.25) is 4.79 Å². The molecule has 5 saturated heterocycles. The van der Waals surface area contributed by atoms with E-state index in [0.717, 1.165) is 51.7 Å². The van der Waals surface area contributed by atoms with Crippen LogP contribution in [0.4, 0.5) is 0 Å². The van der Waals surface area contributed by atoms with E-state index in [1.54, 1.807) is 0 Å². The second-order valence-corrected chi connectivity index (χ2v) is 8.59. The first-order valence-electron chi connectivity index (χ1n) is 9.59. The number of carbonyl (C=O) groups excluding carboxylic acids is 1. The number of fused-ring (bicyclic) bond motifs is 5. The minimum Gasteiger partial charge on any atom is -0.379 e. The third-order valence-electron chi connectivity index (χ3n) is 7.55. The Hall–Kier alpha value is -0.650. The van der Waals surface area contributed by atoms with Gasteiger partial charge in [0.1, 0.15) is 0 Å². The molecule has 1 amide bonds. The molecule has 5 nitrogen and oxygen atoms in total. The zero-order valence-electron chi connectivity index (χ0n) is 13.9. The number of hydrogen-bond acceptors (Lipinski definition) is 4. The molecule has 2 bridgehead atoms. The minimum atomic E-state index is 0.223. The van der Waals surface area contributed by atoms with E-state index in [9.17, 15) is 4.79 Å². The monoisotopic (exact) mass is 319 g/mol. The van der Waals surface area contributed by atoms with Gasteiger partial charge in [0.05, 0.1) is 25.2 Å². The first-order chi connectivity index (χ1) is 11.3. The second kappa shape index (κ2) is 5.43. The normalized spacial score (nSPS) is 44.7. The molecule has 6 rings (SSSR count). The molecule has 1 saturated carbocycles. The summed E-state index contributed by atoms with van der Waals surface area (Å²) in [5, 5.41) is 7.11. The first-order valence-corrected chi connectivity index (χ1v) is 9.59. The molecule has 0 aromatic rings. The van der Waals surface area contributed by atoms with E-state index in [1.165, 1.54) is 25.7 Å². The second-order valence-electron chi connectivity index (χ2n) is 8.59. The van der Waals surface area contributed by atoms with E-state index in [0.29, 0.717) is 29.3 Å². The molecule has 2 N–H and O–H groups in total. The van der Waals surface area contributed by atoms with Crippen LogP contribution >= 0.6 is 0 Å². The lowest BCUT2D eigenvalue weighted by molar-refractivity contribution is -0.141. The van der Waals surface area contributed by atoms with E-state index in [1.807, 2.05) is 0 Å². The Morgan fingerprint density at radius 1 is 1.17 bits per heavy atom. The fourth-order valence-electron chi connectivity index (χ4n) is 6.20. The van der Waals surface area contributed by atoms with Crippen molar-refractivity contribution >= 4 is 5.91 Å². The average Bonchev–Trinajstić information content (AvgIpc) is 3.20. The molecule has 6 fully saturated rings. The van der Waals surface area contributed by atoms with Crippen LogP contribution in [0.5, 0.6) is 0 Å². The number of likely N-dealkylation sites (tertiary alicyclic amines) is 1. The zero-order valence-corrected chi connectivity index (χ0v) is 13.9. The molecule has 0 aromatic carbocycles. The molecule has 5 heteroatoms. The number of hydrogen-bond donors (Lipinski definition) is 2. The molecular weight excluding hydrogens is 290 g/mol. The maximum Gasteiger partial charge on any atom is 0.227 e. The SMILES string of the molecule is O=C(C1CC2CCC1NC2)N1CC2(CCNCC2)[C@@H]2COC[C@@H]21. The fourth-order valence-corrected chi connectivity index (χ4v) is 6.20. The van der Waals surface area contributed by atoms with Crippen molar-refractivity contribution in [3.63, 3.8) is 0 Å². The van der Waals surface area contributed by atoms with E-state index >= 15 is 0 Å². The number of piperidine rings is 3. The lowest BCUT2D eigenvalue weighted by atomic mass is 9.70. The standard InChI is InChI=1S/C18H29N3O2/c22-17(13-7-12-1-2-15(13)20-8-12)21-11-18(3-5-19-6-4-18)14-9-23-10-16(14)21/h12-16,19-20H,1-11H2/t12?,13?,14-,15?,16+/m1/s1. The fraction of sp³-hybridized carbons (Fsp3) is 0.944. The topological polar surface area (TPSA) is 53.6 Å². The van der Waals surface area contributed by atoms with Gasteiger partial charge in [-0.1, -0.05) is 0 Å². The Bertz CT molecular complexity index is 483. The highest BCUT2D eigenvalue weighted by Gasteiger charge is 2.57. The lowest BCUT2D eigenvalue weighted by Gasteiger charge is -2.44. The van der Waals surface area contributed by atoms with Gasteiger partial charge < -0.3 is 20.3 Å². The molecule has 5 heterocycles. The number of nitrogens with one attached hydrogen (secondary N) is 2. The summed E-state index contributed by atoms with van der Waals surface area (Å²) in [6.07, 6.45) is 6.02. The van der Waals surface area contributed by atoms with Gasteiger partial charge in [0.2, 0.25) is 5.91 Å². The van der Waals surface area contributed by atoms with Crippen molar-refractivity contribution < 1.29 is 9.53 Å². The Labute approximate surface area is 138 Å². The quantitative estimate of drug-likeness (QED) is 0.743. The average molecular weight is 319 g/mol. The molecule has 3 unspecified atom stereocenters. The van der Waals surface area contributed by atoms with Gasteiger partial charge in [-0.15, -0.1) is 0 Å². The largest absolute Gasteiger partial charge is 0.379 e. The van der Waals surface area contributed by atoms with Crippen molar-refractivity contribution in [2.24, 2.45) is 23.2 Å². The highest BCUT2D eigenvalue weighted by atomic mass is 16.5. The van der Waals surface area contributed by atoms with E-state index in [2.05, 4.69) is 15.5 Å². The number of carbonyl (C=O) groups is 1. The van der Waals surface area contributed by atoms with Crippen molar-refractivity contribution in [1.82, 2.24) is 15.5 Å². The number of amides is 1. The molecule has 128 valence electrons. The van der Waals surface area contributed by atoms with Crippen molar-refractivity contribution in [2.45, 2.75) is 44.2 Å². The Morgan fingerprint density at radius 2 is 2.04 bits per heavy atom. The Morgan fingerprint density at radius 3 is 2.74 bits per heavy atom. The van der Waals surface area contributed by atoms with Crippen molar-refractivity contribution in [1.29, 1.82) is 0 Å². The third kappa shape index (κ3) is 2.19. The predicted molar refractivity (Wildman–Crippen MR) is 87.0 cm³/mol. The number of ether oxygens (including phenoxy) is 1. The molecule has 0 aromatic heterocycles. The van der Waals surface area contributed by atoms with Crippen molar-refractivity contribution in [3.8, 4) is 0 Å². The molecule has 6 aliphatic rings. The lowest BCUT2D eigenvalue weighted by Crippen LogP contribution is -2.56. The Balaban J connectivity index is 1.38. The van der Waals surface area contributed by atoms with Gasteiger partial charge in [0.15, 0.2) is 0 Å². The summed E-state index contributed by atoms with van der Waals surface area (Å²) in [7, 11) is 0. The van der Waals surface area contributed by atoms with Gasteiger partial charge in [-0.25, -0.2) is 0 Å². The van der Waals surface area contributed by atoms with Crippen LogP contribution in [0.3, 0.4) is 0 Å². The third-order valence-corrected chi connectivity index (χ3v) is 7.55. The van der Waals surface area contributed by atoms with Crippen LogP contribution in [-0.4, -0.2) is 62.3 Å². The van der Waals surface area contributed by atoms with Gasteiger partial charge >= 0.3 is 0 Å². The predicted octanol–water partition coefficient (Wildman–Crippen LogP) is 0.602. The summed E-state index contributed by atoms with van der Waals surface area (Å²) < 4.78 is 5.84. The molecule has 5 aliphatic heterocycles. The summed E-state index contributed by atoms with van der Waals surface area (Å²) >= 11 is 0. The number of nitrogens with zero attached hydrogens (tertiary/aromatic N) is 1. The van der Waals surface area contributed by atoms with Gasteiger partial charge in [-0.2, -0.15) is 0 Å². The van der Waals surface area contributed by atoms with Gasteiger partial charge in [-0.05, 0) is 63.1 Å². The van der Waals surface area contributed by atoms with Crippen LogP contribution in [0.2, 0.25) is 0 Å². The summed E-state index contributed by atoms with van der Waals surface area (Å²) in [5.74, 6) is 1.95. The highest BCUT2D eigenvalue weighted by Crippen LogP contribution is 2.50. The van der Waals surface area contributed by atoms with Crippen LogP contribution in [-0.2, 0) is 9.53 Å². The van der Waals surface area contributed by atoms with E-state index in [-0.39, 0.29) is 5.92 Å². The minimum absolute atomic E-state index is 0.223. The van der Waals surface area contributed by atoms with E-state index in [4.69, 9.17) is 4.74 Å². The first kappa shape index (κ1) is 14.7. The molecule has 1 aliphatic carbocycles.